The van der Waals surface area contributed by atoms with Crippen molar-refractivity contribution in [3.8, 4) is 29.0 Å². The number of nitrogens with zero attached hydrogens (tertiary/aromatic N) is 3. The second-order valence-electron chi connectivity index (χ2n) is 4.57. The fourth-order valence-electron chi connectivity index (χ4n) is 2.24. The van der Waals surface area contributed by atoms with E-state index < -0.39 is 4.92 Å². The van der Waals surface area contributed by atoms with Gasteiger partial charge in [-0.3, -0.25) is 10.1 Å². The molecule has 23 heavy (non-hydrogen) atoms. The van der Waals surface area contributed by atoms with Crippen LogP contribution < -0.4 is 4.74 Å². The van der Waals surface area contributed by atoms with Crippen molar-refractivity contribution in [2.45, 2.75) is 6.92 Å². The average molecular weight is 326 g/mol. The van der Waals surface area contributed by atoms with E-state index in [9.17, 15) is 20.6 Å². The molecule has 1 N–H and O–H groups in total. The number of methoxy groups -OCH3 is 1. The van der Waals surface area contributed by atoms with Crippen LogP contribution in [0.4, 0.5) is 5.69 Å². The molecule has 2 rings (SSSR count). The highest BCUT2D eigenvalue weighted by molar-refractivity contribution is 7.71. The van der Waals surface area contributed by atoms with Gasteiger partial charge in [0, 0.05) is 17.3 Å². The highest BCUT2D eigenvalue weighted by Gasteiger charge is 2.21. The van der Waals surface area contributed by atoms with Gasteiger partial charge in [0.1, 0.15) is 16.8 Å². The van der Waals surface area contributed by atoms with Crippen LogP contribution in [-0.4, -0.2) is 17.0 Å². The number of nitriles is 2. The van der Waals surface area contributed by atoms with Crippen LogP contribution in [0.15, 0.2) is 18.2 Å². The Bertz CT molecular complexity index is 951. The molecule has 8 heteroatoms. The molecule has 0 saturated heterocycles. The summed E-state index contributed by atoms with van der Waals surface area (Å²) < 4.78 is 5.14. The molecule has 0 saturated carbocycles. The van der Waals surface area contributed by atoms with E-state index in [2.05, 4.69) is 4.98 Å². The van der Waals surface area contributed by atoms with Crippen molar-refractivity contribution < 1.29 is 9.66 Å². The van der Waals surface area contributed by atoms with E-state index in [4.69, 9.17) is 17.0 Å². The van der Waals surface area contributed by atoms with Crippen LogP contribution in [-0.2, 0) is 0 Å². The monoisotopic (exact) mass is 326 g/mol. The van der Waals surface area contributed by atoms with Crippen LogP contribution in [0.5, 0.6) is 5.75 Å². The van der Waals surface area contributed by atoms with Crippen molar-refractivity contribution in [3.63, 3.8) is 0 Å². The van der Waals surface area contributed by atoms with E-state index in [0.29, 0.717) is 11.3 Å². The minimum Gasteiger partial charge on any atom is -0.490 e. The summed E-state index contributed by atoms with van der Waals surface area (Å²) in [5, 5.41) is 29.9. The maximum atomic E-state index is 11.2. The van der Waals surface area contributed by atoms with E-state index in [-0.39, 0.29) is 32.8 Å². The van der Waals surface area contributed by atoms with Gasteiger partial charge >= 0.3 is 5.69 Å². The largest absolute Gasteiger partial charge is 0.490 e. The van der Waals surface area contributed by atoms with Crippen LogP contribution >= 0.6 is 12.2 Å². The molecule has 0 aliphatic rings. The quantitative estimate of drug-likeness (QED) is 0.525. The van der Waals surface area contributed by atoms with E-state index in [1.807, 2.05) is 12.1 Å². The van der Waals surface area contributed by atoms with Crippen LogP contribution in [0.1, 0.15) is 16.8 Å². The molecule has 0 fully saturated rings. The lowest BCUT2D eigenvalue weighted by Crippen LogP contribution is -2.00. The number of nitrogens with one attached hydrogen (secondary N) is 1. The summed E-state index contributed by atoms with van der Waals surface area (Å²) in [6.45, 7) is 1.65. The third-order valence-electron chi connectivity index (χ3n) is 3.29. The number of aryl methyl sites for hydroxylation is 1. The second kappa shape index (κ2) is 6.26. The predicted molar refractivity (Wildman–Crippen MR) is 84.4 cm³/mol. The van der Waals surface area contributed by atoms with E-state index >= 15 is 0 Å². The zero-order valence-electron chi connectivity index (χ0n) is 12.2. The predicted octanol–water partition coefficient (Wildman–Crippen LogP) is 3.38. The highest BCUT2D eigenvalue weighted by Crippen LogP contribution is 2.35. The van der Waals surface area contributed by atoms with Gasteiger partial charge in [0.2, 0.25) is 0 Å². The van der Waals surface area contributed by atoms with Gasteiger partial charge in [-0.1, -0.05) is 18.3 Å². The summed E-state index contributed by atoms with van der Waals surface area (Å²) in [5.74, 6) is 0.0913. The molecule has 0 spiro atoms. The smallest absolute Gasteiger partial charge is 0.311 e. The minimum absolute atomic E-state index is 0.0913. The molecular formula is C15H10N4O3S. The normalized spacial score (nSPS) is 9.74. The highest BCUT2D eigenvalue weighted by atomic mass is 32.1. The van der Waals surface area contributed by atoms with Crippen LogP contribution in [0, 0.1) is 44.3 Å². The van der Waals surface area contributed by atoms with Gasteiger partial charge in [0.05, 0.1) is 23.2 Å². The zero-order chi connectivity index (χ0) is 17.1. The molecule has 0 unspecified atom stereocenters. The second-order valence-corrected chi connectivity index (χ2v) is 4.98. The Morgan fingerprint density at radius 2 is 1.96 bits per heavy atom. The fourth-order valence-corrected chi connectivity index (χ4v) is 2.55. The molecule has 0 amide bonds. The third kappa shape index (κ3) is 2.76. The Morgan fingerprint density at radius 1 is 1.30 bits per heavy atom. The first-order valence-corrected chi connectivity index (χ1v) is 6.75. The molecule has 1 aromatic heterocycles. The SMILES string of the molecule is COc1ccc(-c2c(C#N)c(C)[nH]c(=S)c2C#N)cc1[N+](=O)[O-]. The number of hydrogen-bond donors (Lipinski definition) is 1. The summed E-state index contributed by atoms with van der Waals surface area (Å²) in [6, 6.07) is 8.21. The molecular weight excluding hydrogens is 316 g/mol. The Labute approximate surface area is 136 Å². The molecule has 0 atom stereocenters. The first kappa shape index (κ1) is 16.1. The number of ether oxygens (including phenoxy) is 1. The molecule has 0 bridgehead atoms. The molecule has 1 heterocycles. The number of nitro benzene ring substituents is 1. The molecule has 0 aliphatic heterocycles. The zero-order valence-corrected chi connectivity index (χ0v) is 13.0. The van der Waals surface area contributed by atoms with Gasteiger partial charge in [-0.05, 0) is 18.6 Å². The van der Waals surface area contributed by atoms with Crippen LogP contribution in [0.3, 0.4) is 0 Å². The average Bonchev–Trinajstić information content (AvgIpc) is 2.53. The van der Waals surface area contributed by atoms with Gasteiger partial charge < -0.3 is 9.72 Å². The summed E-state index contributed by atoms with van der Waals surface area (Å²) in [4.78, 5) is 13.4. The summed E-state index contributed by atoms with van der Waals surface area (Å²) in [5.41, 5.74) is 1.19. The minimum atomic E-state index is -0.586. The van der Waals surface area contributed by atoms with Crippen molar-refractivity contribution >= 4 is 17.9 Å². The van der Waals surface area contributed by atoms with Crippen molar-refractivity contribution in [1.82, 2.24) is 4.98 Å². The first-order chi connectivity index (χ1) is 10.9. The number of hydrogen-bond acceptors (Lipinski definition) is 6. The lowest BCUT2D eigenvalue weighted by atomic mass is 9.95. The summed E-state index contributed by atoms with van der Waals surface area (Å²) in [7, 11) is 1.33. The maximum absolute atomic E-state index is 11.2. The van der Waals surface area contributed by atoms with Crippen molar-refractivity contribution in [1.29, 1.82) is 10.5 Å². The number of aromatic nitrogens is 1. The Balaban J connectivity index is 2.90. The Hall–Kier alpha value is -3.23. The van der Waals surface area contributed by atoms with Crippen molar-refractivity contribution in [2.75, 3.05) is 7.11 Å². The summed E-state index contributed by atoms with van der Waals surface area (Å²) in [6.07, 6.45) is 0. The standard InChI is InChI=1S/C15H10N4O3S/c1-8-10(6-16)14(11(7-17)15(23)18-8)9-3-4-13(22-2)12(5-9)19(20)21/h3-5H,1-2H3,(H,18,23). The van der Waals surface area contributed by atoms with Gasteiger partial charge in [0.15, 0.2) is 5.75 Å². The van der Waals surface area contributed by atoms with Gasteiger partial charge in [-0.15, -0.1) is 0 Å². The first-order valence-electron chi connectivity index (χ1n) is 6.34. The van der Waals surface area contributed by atoms with Crippen LogP contribution in [0.2, 0.25) is 0 Å². The third-order valence-corrected chi connectivity index (χ3v) is 3.60. The number of aromatic amines is 1. The van der Waals surface area contributed by atoms with E-state index in [1.165, 1.54) is 19.2 Å². The molecule has 0 radical (unpaired) electrons. The number of H-pyrrole nitrogens is 1. The number of rotatable bonds is 3. The molecule has 0 aliphatic carbocycles. The van der Waals surface area contributed by atoms with Crippen molar-refractivity contribution in [2.24, 2.45) is 0 Å². The fraction of sp³-hybridized carbons (Fsp3) is 0.133. The maximum Gasteiger partial charge on any atom is 0.311 e. The van der Waals surface area contributed by atoms with Gasteiger partial charge in [-0.25, -0.2) is 0 Å². The molecule has 1 aromatic carbocycles. The lowest BCUT2D eigenvalue weighted by Gasteiger charge is -2.11. The Kier molecular flexibility index (Phi) is 4.39. The number of benzene rings is 1. The molecule has 114 valence electrons. The van der Waals surface area contributed by atoms with E-state index in [1.54, 1.807) is 13.0 Å². The molecule has 7 nitrogen and oxygen atoms in total. The van der Waals surface area contributed by atoms with Gasteiger partial charge in [-0.2, -0.15) is 10.5 Å². The topological polar surface area (TPSA) is 116 Å². The molecule has 2 aromatic rings. The van der Waals surface area contributed by atoms with E-state index in [0.717, 1.165) is 0 Å². The number of pyridine rings is 1. The van der Waals surface area contributed by atoms with Gasteiger partial charge in [0.25, 0.3) is 0 Å². The lowest BCUT2D eigenvalue weighted by molar-refractivity contribution is -0.385. The van der Waals surface area contributed by atoms with Crippen molar-refractivity contribution in [3.05, 3.63) is 49.8 Å². The summed E-state index contributed by atoms with van der Waals surface area (Å²) >= 11 is 5.12. The number of nitro groups is 1. The Morgan fingerprint density at radius 3 is 2.48 bits per heavy atom. The van der Waals surface area contributed by atoms with Crippen LogP contribution in [0.25, 0.3) is 11.1 Å².